The van der Waals surface area contributed by atoms with Crippen LogP contribution in [-0.2, 0) is 15.3 Å². The van der Waals surface area contributed by atoms with Gasteiger partial charge < -0.3 is 9.15 Å². The maximum absolute atomic E-state index is 13.3. The van der Waals surface area contributed by atoms with E-state index in [2.05, 4.69) is 0 Å². The van der Waals surface area contributed by atoms with Gasteiger partial charge in [0.1, 0.15) is 11.5 Å². The third kappa shape index (κ3) is 3.81. The van der Waals surface area contributed by atoms with E-state index in [1.807, 2.05) is 6.07 Å². The Morgan fingerprint density at radius 2 is 1.72 bits per heavy atom. The number of furan rings is 1. The van der Waals surface area contributed by atoms with Crippen molar-refractivity contribution in [2.75, 3.05) is 12.0 Å². The second-order valence-corrected chi connectivity index (χ2v) is 7.64. The highest BCUT2D eigenvalue weighted by Gasteiger charge is 2.40. The van der Waals surface area contributed by atoms with Crippen LogP contribution in [0.2, 0.25) is 5.02 Å². The Morgan fingerprint density at radius 1 is 1.00 bits per heavy atom. The first-order chi connectivity index (χ1) is 14.1. The van der Waals surface area contributed by atoms with Crippen molar-refractivity contribution in [3.05, 3.63) is 88.2 Å². The molecule has 0 saturated heterocycles. The second-order valence-electron chi connectivity index (χ2n) is 6.22. The Labute approximate surface area is 176 Å². The maximum atomic E-state index is 13.3. The predicted octanol–water partition coefficient (Wildman–Crippen LogP) is 5.16. The molecule has 0 unspecified atom stereocenters. The Kier molecular flexibility index (Phi) is 5.47. The monoisotopic (exact) mass is 425 g/mol. The summed E-state index contributed by atoms with van der Waals surface area (Å²) in [6.07, 6.45) is 1.58. The zero-order valence-electron chi connectivity index (χ0n) is 15.4. The molecule has 2 heterocycles. The summed E-state index contributed by atoms with van der Waals surface area (Å²) in [5, 5.41) is 0.531. The highest BCUT2D eigenvalue weighted by molar-refractivity contribution is 8.03. The average molecular weight is 426 g/mol. The lowest BCUT2D eigenvalue weighted by Gasteiger charge is -2.15. The van der Waals surface area contributed by atoms with E-state index in [4.69, 9.17) is 20.8 Å². The molecule has 0 spiro atoms. The van der Waals surface area contributed by atoms with Crippen molar-refractivity contribution in [2.24, 2.45) is 0 Å². The number of ether oxygens (including phenoxy) is 1. The fourth-order valence-corrected chi connectivity index (χ4v) is 4.16. The molecule has 0 bridgehead atoms. The van der Waals surface area contributed by atoms with Crippen LogP contribution in [0.4, 0.5) is 5.69 Å². The fourth-order valence-electron chi connectivity index (χ4n) is 3.02. The lowest BCUT2D eigenvalue weighted by Crippen LogP contribution is -2.31. The largest absolute Gasteiger partial charge is 0.497 e. The summed E-state index contributed by atoms with van der Waals surface area (Å²) in [5.41, 5.74) is 1.50. The number of methoxy groups -OCH3 is 1. The van der Waals surface area contributed by atoms with Crippen molar-refractivity contribution in [1.82, 2.24) is 0 Å². The molecule has 1 aliphatic heterocycles. The van der Waals surface area contributed by atoms with Gasteiger partial charge in [-0.25, -0.2) is 4.90 Å². The van der Waals surface area contributed by atoms with Gasteiger partial charge in [-0.15, -0.1) is 11.8 Å². The van der Waals surface area contributed by atoms with E-state index in [-0.39, 0.29) is 11.8 Å². The molecule has 0 N–H and O–H groups in total. The van der Waals surface area contributed by atoms with Gasteiger partial charge >= 0.3 is 0 Å². The number of amides is 2. The van der Waals surface area contributed by atoms with Crippen molar-refractivity contribution in [2.45, 2.75) is 5.75 Å². The van der Waals surface area contributed by atoms with E-state index >= 15 is 0 Å². The number of anilines is 1. The van der Waals surface area contributed by atoms with E-state index in [0.29, 0.717) is 38.3 Å². The maximum Gasteiger partial charge on any atom is 0.272 e. The summed E-state index contributed by atoms with van der Waals surface area (Å²) < 4.78 is 10.6. The molecule has 0 fully saturated rings. The molecule has 5 nitrogen and oxygen atoms in total. The molecule has 0 radical (unpaired) electrons. The number of benzene rings is 2. The van der Waals surface area contributed by atoms with E-state index < -0.39 is 0 Å². The third-order valence-corrected chi connectivity index (χ3v) is 5.79. The highest BCUT2D eigenvalue weighted by atomic mass is 35.5. The molecule has 0 saturated carbocycles. The van der Waals surface area contributed by atoms with Gasteiger partial charge in [-0.1, -0.05) is 23.7 Å². The summed E-state index contributed by atoms with van der Waals surface area (Å²) in [5.74, 6) is 1.10. The SMILES string of the molecule is COc1ccc(C2=C(SCc3ccco3)C(=O)N(c3ccc(Cl)cc3)C2=O)cc1. The molecule has 0 atom stereocenters. The first-order valence-corrected chi connectivity index (χ1v) is 10.1. The molecule has 3 aromatic rings. The summed E-state index contributed by atoms with van der Waals surface area (Å²) in [4.78, 5) is 28.0. The van der Waals surface area contributed by atoms with Gasteiger partial charge in [-0.05, 0) is 54.1 Å². The number of imide groups is 1. The Morgan fingerprint density at radius 3 is 2.34 bits per heavy atom. The van der Waals surface area contributed by atoms with Crippen LogP contribution < -0.4 is 9.64 Å². The number of carbonyl (C=O) groups excluding carboxylic acids is 2. The van der Waals surface area contributed by atoms with E-state index in [0.717, 1.165) is 5.76 Å². The molecule has 1 aliphatic rings. The molecule has 0 aliphatic carbocycles. The number of hydrogen-bond donors (Lipinski definition) is 0. The van der Waals surface area contributed by atoms with Gasteiger partial charge in [0.2, 0.25) is 0 Å². The predicted molar refractivity (Wildman–Crippen MR) is 114 cm³/mol. The number of rotatable bonds is 6. The molecule has 29 heavy (non-hydrogen) atoms. The van der Waals surface area contributed by atoms with Crippen molar-refractivity contribution < 1.29 is 18.7 Å². The van der Waals surface area contributed by atoms with Gasteiger partial charge in [0.25, 0.3) is 11.8 Å². The molecule has 7 heteroatoms. The second kappa shape index (κ2) is 8.19. The number of nitrogens with zero attached hydrogens (tertiary/aromatic N) is 1. The smallest absolute Gasteiger partial charge is 0.272 e. The van der Waals surface area contributed by atoms with Gasteiger partial charge in [-0.3, -0.25) is 9.59 Å². The summed E-state index contributed by atoms with van der Waals surface area (Å²) in [6.45, 7) is 0. The summed E-state index contributed by atoms with van der Waals surface area (Å²) >= 11 is 7.24. The number of hydrogen-bond acceptors (Lipinski definition) is 5. The first-order valence-electron chi connectivity index (χ1n) is 8.76. The van der Waals surface area contributed by atoms with Crippen LogP contribution in [0.1, 0.15) is 11.3 Å². The van der Waals surface area contributed by atoms with Gasteiger partial charge in [0.05, 0.1) is 35.3 Å². The Hall–Kier alpha value is -2.96. The molecular weight excluding hydrogens is 410 g/mol. The minimum Gasteiger partial charge on any atom is -0.497 e. The normalized spacial score (nSPS) is 14.1. The number of carbonyl (C=O) groups is 2. The topological polar surface area (TPSA) is 59.8 Å². The van der Waals surface area contributed by atoms with E-state index in [1.165, 1.54) is 16.7 Å². The molecule has 2 aromatic carbocycles. The summed E-state index contributed by atoms with van der Waals surface area (Å²) in [7, 11) is 1.57. The van der Waals surface area contributed by atoms with Gasteiger partial charge in [0.15, 0.2) is 0 Å². The first kappa shape index (κ1) is 19.4. The van der Waals surface area contributed by atoms with Crippen LogP contribution in [0.5, 0.6) is 5.75 Å². The van der Waals surface area contributed by atoms with Crippen molar-refractivity contribution in [1.29, 1.82) is 0 Å². The summed E-state index contributed by atoms with van der Waals surface area (Å²) in [6, 6.07) is 17.3. The van der Waals surface area contributed by atoms with Gasteiger partial charge in [0, 0.05) is 5.02 Å². The van der Waals surface area contributed by atoms with Crippen LogP contribution in [0.25, 0.3) is 5.57 Å². The third-order valence-electron chi connectivity index (χ3n) is 4.44. The molecule has 4 rings (SSSR count). The van der Waals surface area contributed by atoms with Crippen LogP contribution in [-0.4, -0.2) is 18.9 Å². The van der Waals surface area contributed by atoms with E-state index in [1.54, 1.807) is 68.0 Å². The molecular formula is C22H16ClNO4S. The Bertz CT molecular complexity index is 1070. The number of halogens is 1. The minimum atomic E-state index is -0.371. The number of thioether (sulfide) groups is 1. The molecule has 1 aromatic heterocycles. The molecule has 2 amide bonds. The van der Waals surface area contributed by atoms with E-state index in [9.17, 15) is 9.59 Å². The minimum absolute atomic E-state index is 0.361. The zero-order valence-corrected chi connectivity index (χ0v) is 17.0. The van der Waals surface area contributed by atoms with Crippen LogP contribution >= 0.6 is 23.4 Å². The van der Waals surface area contributed by atoms with Crippen molar-refractivity contribution >= 4 is 46.4 Å². The quantitative estimate of drug-likeness (QED) is 0.510. The fraction of sp³-hybridized carbons (Fsp3) is 0.0909. The lowest BCUT2D eigenvalue weighted by atomic mass is 10.1. The zero-order chi connectivity index (χ0) is 20.4. The van der Waals surface area contributed by atoms with Crippen LogP contribution in [0.3, 0.4) is 0 Å². The lowest BCUT2D eigenvalue weighted by molar-refractivity contribution is -0.119. The van der Waals surface area contributed by atoms with Crippen LogP contribution in [0.15, 0.2) is 76.2 Å². The van der Waals surface area contributed by atoms with Gasteiger partial charge in [-0.2, -0.15) is 0 Å². The van der Waals surface area contributed by atoms with Crippen molar-refractivity contribution in [3.63, 3.8) is 0 Å². The van der Waals surface area contributed by atoms with Crippen molar-refractivity contribution in [3.8, 4) is 5.75 Å². The molecule has 146 valence electrons. The Balaban J connectivity index is 1.74. The standard InChI is InChI=1S/C22H16ClNO4S/c1-27-17-10-4-14(5-11-17)19-20(29-13-18-3-2-12-28-18)22(26)24(21(19)25)16-8-6-15(23)7-9-16/h2-12H,13H2,1H3. The highest BCUT2D eigenvalue weighted by Crippen LogP contribution is 2.40. The van der Waals surface area contributed by atoms with Crippen LogP contribution in [0, 0.1) is 0 Å². The average Bonchev–Trinajstić information content (AvgIpc) is 3.34.